The molecule has 3 heteroatoms. The van der Waals surface area contributed by atoms with E-state index in [0.29, 0.717) is 12.5 Å². The van der Waals surface area contributed by atoms with E-state index < -0.39 is 0 Å². The van der Waals surface area contributed by atoms with Crippen LogP contribution in [0.25, 0.3) is 0 Å². The summed E-state index contributed by atoms with van der Waals surface area (Å²) >= 11 is 0. The van der Waals surface area contributed by atoms with Gasteiger partial charge in [-0.25, -0.2) is 4.99 Å². The molecule has 0 saturated heterocycles. The number of ether oxygens (including phenoxy) is 1. The zero-order valence-corrected chi connectivity index (χ0v) is 8.10. The van der Waals surface area contributed by atoms with E-state index in [1.165, 1.54) is 0 Å². The second-order valence-corrected chi connectivity index (χ2v) is 3.45. The predicted octanol–water partition coefficient (Wildman–Crippen LogP) is 1.34. The molecule has 2 rings (SSSR count). The highest BCUT2D eigenvalue weighted by molar-refractivity contribution is 5.95. The molecule has 0 amide bonds. The minimum atomic E-state index is 0.0523. The molecule has 0 radical (unpaired) electrons. The summed E-state index contributed by atoms with van der Waals surface area (Å²) in [6.45, 7) is 2.72. The topological polar surface area (TPSA) is 41.8 Å². The molecule has 1 aromatic rings. The molecule has 0 aromatic heterocycles. The Kier molecular flexibility index (Phi) is 2.50. The van der Waals surface area contributed by atoms with Gasteiger partial charge in [0.15, 0.2) is 0 Å². The van der Waals surface area contributed by atoms with Gasteiger partial charge in [-0.05, 0) is 24.6 Å². The summed E-state index contributed by atoms with van der Waals surface area (Å²) in [7, 11) is 0. The maximum absolute atomic E-state index is 8.98. The summed E-state index contributed by atoms with van der Waals surface area (Å²) in [5.41, 5.74) is 1.83. The van der Waals surface area contributed by atoms with Crippen molar-refractivity contribution in [3.8, 4) is 0 Å². The van der Waals surface area contributed by atoms with Crippen molar-refractivity contribution >= 4 is 5.90 Å². The van der Waals surface area contributed by atoms with Gasteiger partial charge in [0.1, 0.15) is 6.61 Å². The summed E-state index contributed by atoms with van der Waals surface area (Å²) < 4.78 is 5.42. The predicted molar refractivity (Wildman–Crippen MR) is 54.3 cm³/mol. The monoisotopic (exact) mass is 191 g/mol. The van der Waals surface area contributed by atoms with E-state index >= 15 is 0 Å². The van der Waals surface area contributed by atoms with E-state index in [4.69, 9.17) is 9.84 Å². The molecule has 74 valence electrons. The zero-order chi connectivity index (χ0) is 9.97. The van der Waals surface area contributed by atoms with Crippen LogP contribution in [-0.2, 0) is 11.3 Å². The van der Waals surface area contributed by atoms with Crippen molar-refractivity contribution in [1.82, 2.24) is 0 Å². The molecule has 0 bridgehead atoms. The number of aliphatic hydroxyl groups excluding tert-OH is 1. The highest BCUT2D eigenvalue weighted by Crippen LogP contribution is 2.13. The van der Waals surface area contributed by atoms with Crippen molar-refractivity contribution in [2.45, 2.75) is 19.6 Å². The fourth-order valence-corrected chi connectivity index (χ4v) is 1.43. The summed E-state index contributed by atoms with van der Waals surface area (Å²) in [5.74, 6) is 0.688. The second kappa shape index (κ2) is 3.80. The maximum atomic E-state index is 8.98. The van der Waals surface area contributed by atoms with Crippen LogP contribution in [0.1, 0.15) is 18.1 Å². The molecule has 1 aliphatic rings. The summed E-state index contributed by atoms with van der Waals surface area (Å²) in [4.78, 5) is 4.35. The number of rotatable bonds is 2. The lowest BCUT2D eigenvalue weighted by molar-refractivity contribution is 0.281. The minimum Gasteiger partial charge on any atom is -0.475 e. The molecule has 1 aromatic carbocycles. The van der Waals surface area contributed by atoms with Gasteiger partial charge < -0.3 is 9.84 Å². The van der Waals surface area contributed by atoms with E-state index in [-0.39, 0.29) is 12.6 Å². The van der Waals surface area contributed by atoms with Crippen molar-refractivity contribution < 1.29 is 9.84 Å². The molecule has 1 unspecified atom stereocenters. The molecule has 0 aliphatic carbocycles. The summed E-state index contributed by atoms with van der Waals surface area (Å²) in [5, 5.41) is 8.98. The lowest BCUT2D eigenvalue weighted by Crippen LogP contribution is -2.02. The largest absolute Gasteiger partial charge is 0.475 e. The Bertz CT molecular complexity index is 360. The van der Waals surface area contributed by atoms with Crippen molar-refractivity contribution in [2.75, 3.05) is 6.61 Å². The normalized spacial score (nSPS) is 20.4. The van der Waals surface area contributed by atoms with E-state index in [0.717, 1.165) is 11.1 Å². The first-order valence-corrected chi connectivity index (χ1v) is 4.70. The van der Waals surface area contributed by atoms with E-state index in [2.05, 4.69) is 4.99 Å². The Morgan fingerprint density at radius 1 is 1.57 bits per heavy atom. The van der Waals surface area contributed by atoms with Crippen LogP contribution in [0.2, 0.25) is 0 Å². The van der Waals surface area contributed by atoms with Gasteiger partial charge in [-0.3, -0.25) is 0 Å². The third-order valence-electron chi connectivity index (χ3n) is 2.16. The van der Waals surface area contributed by atoms with Crippen LogP contribution < -0.4 is 0 Å². The van der Waals surface area contributed by atoms with Gasteiger partial charge >= 0.3 is 0 Å². The molecule has 1 aliphatic heterocycles. The third-order valence-corrected chi connectivity index (χ3v) is 2.16. The first-order chi connectivity index (χ1) is 6.79. The fraction of sp³-hybridized carbons (Fsp3) is 0.364. The highest BCUT2D eigenvalue weighted by Gasteiger charge is 2.15. The molecule has 3 nitrogen and oxygen atoms in total. The number of hydrogen-bond donors (Lipinski definition) is 1. The van der Waals surface area contributed by atoms with Gasteiger partial charge in [-0.2, -0.15) is 0 Å². The zero-order valence-electron chi connectivity index (χ0n) is 8.10. The smallest absolute Gasteiger partial charge is 0.216 e. The van der Waals surface area contributed by atoms with E-state index in [1.807, 2.05) is 31.2 Å². The van der Waals surface area contributed by atoms with Gasteiger partial charge in [0.2, 0.25) is 5.90 Å². The Hall–Kier alpha value is -1.35. The molecule has 0 saturated carbocycles. The summed E-state index contributed by atoms with van der Waals surface area (Å²) in [6.07, 6.45) is 0. The average Bonchev–Trinajstić information content (AvgIpc) is 2.65. The van der Waals surface area contributed by atoms with Gasteiger partial charge in [0.05, 0.1) is 12.6 Å². The van der Waals surface area contributed by atoms with Crippen LogP contribution in [0.15, 0.2) is 29.3 Å². The van der Waals surface area contributed by atoms with Gasteiger partial charge in [0.25, 0.3) is 0 Å². The van der Waals surface area contributed by atoms with Crippen LogP contribution in [0.5, 0.6) is 0 Å². The van der Waals surface area contributed by atoms with Crippen molar-refractivity contribution in [3.05, 3.63) is 35.4 Å². The molecule has 14 heavy (non-hydrogen) atoms. The maximum Gasteiger partial charge on any atom is 0.216 e. The first kappa shape index (κ1) is 9.21. The molecular weight excluding hydrogens is 178 g/mol. The van der Waals surface area contributed by atoms with Crippen LogP contribution in [-0.4, -0.2) is 23.7 Å². The molecule has 1 heterocycles. The van der Waals surface area contributed by atoms with Crippen molar-refractivity contribution in [2.24, 2.45) is 4.99 Å². The molecule has 0 spiro atoms. The SMILES string of the molecule is CC1COC(c2cccc(CO)c2)=N1. The third kappa shape index (κ3) is 1.77. The van der Waals surface area contributed by atoms with Crippen LogP contribution in [0.4, 0.5) is 0 Å². The van der Waals surface area contributed by atoms with Crippen LogP contribution in [0, 0.1) is 0 Å². The Balaban J connectivity index is 2.28. The summed E-state index contributed by atoms with van der Waals surface area (Å²) in [6, 6.07) is 7.85. The average molecular weight is 191 g/mol. The number of benzene rings is 1. The first-order valence-electron chi connectivity index (χ1n) is 4.70. The number of hydrogen-bond acceptors (Lipinski definition) is 3. The fourth-order valence-electron chi connectivity index (χ4n) is 1.43. The lowest BCUT2D eigenvalue weighted by Gasteiger charge is -2.02. The van der Waals surface area contributed by atoms with Crippen molar-refractivity contribution in [3.63, 3.8) is 0 Å². The van der Waals surface area contributed by atoms with Crippen molar-refractivity contribution in [1.29, 1.82) is 0 Å². The molecule has 1 N–H and O–H groups in total. The number of nitrogens with zero attached hydrogens (tertiary/aromatic N) is 1. The van der Waals surface area contributed by atoms with E-state index in [1.54, 1.807) is 0 Å². The highest BCUT2D eigenvalue weighted by atomic mass is 16.5. The van der Waals surface area contributed by atoms with Crippen LogP contribution in [0.3, 0.4) is 0 Å². The quantitative estimate of drug-likeness (QED) is 0.766. The second-order valence-electron chi connectivity index (χ2n) is 3.45. The van der Waals surface area contributed by atoms with Gasteiger partial charge in [-0.15, -0.1) is 0 Å². The Morgan fingerprint density at radius 3 is 3.07 bits per heavy atom. The van der Waals surface area contributed by atoms with Crippen LogP contribution >= 0.6 is 0 Å². The minimum absolute atomic E-state index is 0.0523. The number of aliphatic imine (C=N–C) groups is 1. The number of aliphatic hydroxyl groups is 1. The standard InChI is InChI=1S/C11H13NO2/c1-8-7-14-11(12-8)10-4-2-3-9(5-10)6-13/h2-5,8,13H,6-7H2,1H3. The molecular formula is C11H13NO2. The molecule has 0 fully saturated rings. The van der Waals surface area contributed by atoms with Gasteiger partial charge in [-0.1, -0.05) is 12.1 Å². The van der Waals surface area contributed by atoms with Gasteiger partial charge in [0, 0.05) is 5.56 Å². The Morgan fingerprint density at radius 2 is 2.43 bits per heavy atom. The molecule has 1 atom stereocenters. The Labute approximate surface area is 83.1 Å². The lowest BCUT2D eigenvalue weighted by atomic mass is 10.1. The van der Waals surface area contributed by atoms with E-state index in [9.17, 15) is 0 Å².